The van der Waals surface area contributed by atoms with Crippen molar-refractivity contribution in [2.75, 3.05) is 25.0 Å². The Morgan fingerprint density at radius 2 is 1.61 bits per heavy atom. The van der Waals surface area contributed by atoms with Crippen LogP contribution in [0, 0.1) is 0 Å². The third kappa shape index (κ3) is 5.53. The summed E-state index contributed by atoms with van der Waals surface area (Å²) in [4.78, 5) is 42.1. The summed E-state index contributed by atoms with van der Waals surface area (Å²) in [6, 6.07) is 13.2. The van der Waals surface area contributed by atoms with E-state index in [0.717, 1.165) is 5.69 Å². The summed E-state index contributed by atoms with van der Waals surface area (Å²) < 4.78 is 6.63. The van der Waals surface area contributed by atoms with E-state index in [0.29, 0.717) is 29.9 Å². The highest BCUT2D eigenvalue weighted by Gasteiger charge is 2.13. The number of hydrogen-bond donors (Lipinski definition) is 1. The molecule has 0 atom stereocenters. The largest absolute Gasteiger partial charge is 0.452 e. The minimum absolute atomic E-state index is 0.0633. The van der Waals surface area contributed by atoms with Crippen LogP contribution in [0.4, 0.5) is 5.69 Å². The molecule has 3 aromatic rings. The van der Waals surface area contributed by atoms with Gasteiger partial charge in [-0.3, -0.25) is 9.59 Å². The molecule has 2 amide bonds. The van der Waals surface area contributed by atoms with E-state index in [1.807, 2.05) is 13.8 Å². The Balaban J connectivity index is 1.50. The fraction of sp³-hybridized carbons (Fsp3) is 0.227. The summed E-state index contributed by atoms with van der Waals surface area (Å²) in [6.07, 6.45) is 2.96. The lowest BCUT2D eigenvalue weighted by Gasteiger charge is -2.18. The van der Waals surface area contributed by atoms with Crippen molar-refractivity contribution in [3.05, 3.63) is 72.3 Å². The summed E-state index contributed by atoms with van der Waals surface area (Å²) in [6.45, 7) is 4.67. The number of carbonyl (C=O) groups excluding carboxylic acids is 3. The van der Waals surface area contributed by atoms with Gasteiger partial charge in [0.25, 0.3) is 11.8 Å². The minimum Gasteiger partial charge on any atom is -0.452 e. The van der Waals surface area contributed by atoms with Crippen molar-refractivity contribution in [3.63, 3.8) is 0 Å². The first-order chi connectivity index (χ1) is 15.0. The molecule has 160 valence electrons. The Kier molecular flexibility index (Phi) is 7.10. The van der Waals surface area contributed by atoms with Gasteiger partial charge in [-0.15, -0.1) is 0 Å². The molecule has 2 aromatic carbocycles. The topological polar surface area (TPSA) is 106 Å². The van der Waals surface area contributed by atoms with E-state index in [9.17, 15) is 14.4 Å². The summed E-state index contributed by atoms with van der Waals surface area (Å²) in [5.74, 6) is -1.15. The van der Waals surface area contributed by atoms with Crippen molar-refractivity contribution in [2.45, 2.75) is 13.8 Å². The Morgan fingerprint density at radius 1 is 0.968 bits per heavy atom. The summed E-state index contributed by atoms with van der Waals surface area (Å²) in [5.41, 5.74) is 2.11. The number of nitrogens with one attached hydrogen (secondary N) is 1. The van der Waals surface area contributed by atoms with Gasteiger partial charge in [0.2, 0.25) is 0 Å². The molecule has 0 saturated heterocycles. The van der Waals surface area contributed by atoms with Crippen LogP contribution in [-0.4, -0.2) is 57.1 Å². The number of esters is 1. The fourth-order valence-electron chi connectivity index (χ4n) is 2.89. The lowest BCUT2D eigenvalue weighted by molar-refractivity contribution is -0.119. The van der Waals surface area contributed by atoms with Crippen LogP contribution >= 0.6 is 0 Å². The molecule has 1 aromatic heterocycles. The maximum Gasteiger partial charge on any atom is 0.338 e. The third-order valence-corrected chi connectivity index (χ3v) is 4.59. The molecule has 0 saturated carbocycles. The van der Waals surface area contributed by atoms with E-state index in [4.69, 9.17) is 4.74 Å². The first-order valence-electron chi connectivity index (χ1n) is 9.83. The van der Waals surface area contributed by atoms with Crippen molar-refractivity contribution in [1.29, 1.82) is 0 Å². The van der Waals surface area contributed by atoms with Crippen LogP contribution in [0.15, 0.2) is 61.2 Å². The SMILES string of the molecule is CCN(CC)C(=O)c1ccc(NC(=O)COC(=O)c2ccc(-n3cncn3)cc2)cc1. The maximum atomic E-state index is 12.3. The van der Waals surface area contributed by atoms with Gasteiger partial charge < -0.3 is 15.0 Å². The molecule has 0 fully saturated rings. The van der Waals surface area contributed by atoms with Gasteiger partial charge in [0.05, 0.1) is 11.3 Å². The maximum absolute atomic E-state index is 12.3. The van der Waals surface area contributed by atoms with Crippen molar-refractivity contribution in [2.24, 2.45) is 0 Å². The molecule has 0 aliphatic carbocycles. The van der Waals surface area contributed by atoms with E-state index >= 15 is 0 Å². The molecule has 31 heavy (non-hydrogen) atoms. The number of hydrogen-bond acceptors (Lipinski definition) is 6. The van der Waals surface area contributed by atoms with Crippen LogP contribution in [0.25, 0.3) is 5.69 Å². The molecular weight excluding hydrogens is 398 g/mol. The Labute approximate surface area is 179 Å². The summed E-state index contributed by atoms with van der Waals surface area (Å²) in [5, 5.41) is 6.65. The van der Waals surface area contributed by atoms with Crippen LogP contribution in [0.3, 0.4) is 0 Å². The summed E-state index contributed by atoms with van der Waals surface area (Å²) >= 11 is 0. The van der Waals surface area contributed by atoms with Crippen molar-refractivity contribution in [1.82, 2.24) is 19.7 Å². The molecule has 0 unspecified atom stereocenters. The summed E-state index contributed by atoms with van der Waals surface area (Å²) in [7, 11) is 0. The van der Waals surface area contributed by atoms with Gasteiger partial charge in [0, 0.05) is 24.3 Å². The van der Waals surface area contributed by atoms with Gasteiger partial charge in [0.15, 0.2) is 6.61 Å². The van der Waals surface area contributed by atoms with Crippen LogP contribution in [0.5, 0.6) is 0 Å². The zero-order chi connectivity index (χ0) is 22.2. The van der Waals surface area contributed by atoms with Crippen molar-refractivity contribution in [3.8, 4) is 5.69 Å². The molecule has 0 bridgehead atoms. The first kappa shape index (κ1) is 21.7. The van der Waals surface area contributed by atoms with Gasteiger partial charge in [-0.1, -0.05) is 0 Å². The molecule has 0 aliphatic heterocycles. The number of anilines is 1. The number of nitrogens with zero attached hydrogens (tertiary/aromatic N) is 4. The van der Waals surface area contributed by atoms with Crippen LogP contribution in [-0.2, 0) is 9.53 Å². The van der Waals surface area contributed by atoms with Gasteiger partial charge in [0.1, 0.15) is 12.7 Å². The number of carbonyl (C=O) groups is 3. The zero-order valence-corrected chi connectivity index (χ0v) is 17.3. The second kappa shape index (κ2) is 10.1. The number of rotatable bonds is 8. The average Bonchev–Trinajstić information content (AvgIpc) is 3.34. The molecule has 1 N–H and O–H groups in total. The van der Waals surface area contributed by atoms with Crippen molar-refractivity contribution >= 4 is 23.5 Å². The van der Waals surface area contributed by atoms with E-state index in [2.05, 4.69) is 15.4 Å². The van der Waals surface area contributed by atoms with Gasteiger partial charge in [-0.05, 0) is 62.4 Å². The standard InChI is InChI=1S/C22H23N5O4/c1-3-26(4-2)21(29)16-5-9-18(10-6-16)25-20(28)13-31-22(30)17-7-11-19(12-8-17)27-15-23-14-24-27/h5-12,14-15H,3-4,13H2,1-2H3,(H,25,28). The Morgan fingerprint density at radius 3 is 2.19 bits per heavy atom. The number of aromatic nitrogens is 3. The number of benzene rings is 2. The Bertz CT molecular complexity index is 1030. The van der Waals surface area contributed by atoms with E-state index in [1.54, 1.807) is 64.4 Å². The molecule has 0 aliphatic rings. The van der Waals surface area contributed by atoms with Crippen LogP contribution < -0.4 is 5.32 Å². The fourth-order valence-corrected chi connectivity index (χ4v) is 2.89. The molecule has 0 spiro atoms. The van der Waals surface area contributed by atoms with Crippen LogP contribution in [0.2, 0.25) is 0 Å². The molecule has 3 rings (SSSR count). The predicted octanol–water partition coefficient (Wildman–Crippen LogP) is 2.54. The Hall–Kier alpha value is -4.01. The highest BCUT2D eigenvalue weighted by atomic mass is 16.5. The van der Waals surface area contributed by atoms with E-state index < -0.39 is 18.5 Å². The lowest BCUT2D eigenvalue weighted by Crippen LogP contribution is -2.30. The van der Waals surface area contributed by atoms with E-state index in [1.165, 1.54) is 6.33 Å². The van der Waals surface area contributed by atoms with Crippen LogP contribution in [0.1, 0.15) is 34.6 Å². The molecule has 1 heterocycles. The van der Waals surface area contributed by atoms with Gasteiger partial charge in [-0.2, -0.15) is 5.10 Å². The highest BCUT2D eigenvalue weighted by molar-refractivity contribution is 5.97. The minimum atomic E-state index is -0.611. The molecule has 9 heteroatoms. The van der Waals surface area contributed by atoms with E-state index in [-0.39, 0.29) is 5.91 Å². The lowest BCUT2D eigenvalue weighted by atomic mass is 10.2. The highest BCUT2D eigenvalue weighted by Crippen LogP contribution is 2.12. The molecular formula is C22H23N5O4. The third-order valence-electron chi connectivity index (χ3n) is 4.59. The normalized spacial score (nSPS) is 10.4. The zero-order valence-electron chi connectivity index (χ0n) is 17.3. The van der Waals surface area contributed by atoms with Gasteiger partial charge in [-0.25, -0.2) is 14.5 Å². The van der Waals surface area contributed by atoms with Crippen molar-refractivity contribution < 1.29 is 19.1 Å². The quantitative estimate of drug-likeness (QED) is 0.560. The number of amides is 2. The number of ether oxygens (including phenoxy) is 1. The smallest absolute Gasteiger partial charge is 0.338 e. The van der Waals surface area contributed by atoms with Gasteiger partial charge >= 0.3 is 5.97 Å². The predicted molar refractivity (Wildman–Crippen MR) is 114 cm³/mol. The first-order valence-corrected chi connectivity index (χ1v) is 9.83. The molecule has 9 nitrogen and oxygen atoms in total. The monoisotopic (exact) mass is 421 g/mol. The average molecular weight is 421 g/mol. The second-order valence-corrected chi connectivity index (χ2v) is 6.57. The second-order valence-electron chi connectivity index (χ2n) is 6.57. The molecule has 0 radical (unpaired) electrons.